The summed E-state index contributed by atoms with van der Waals surface area (Å²) >= 11 is 0. The molecule has 1 aliphatic rings. The number of carbonyl (C=O) groups excluding carboxylic acids is 1. The molecule has 0 saturated heterocycles. The second-order valence-electron chi connectivity index (χ2n) is 8.99. The number of ether oxygens (including phenoxy) is 2. The molecule has 1 aromatic rings. The highest BCUT2D eigenvalue weighted by Gasteiger charge is 2.39. The summed E-state index contributed by atoms with van der Waals surface area (Å²) in [7, 11) is 0. The van der Waals surface area contributed by atoms with Crippen LogP contribution in [0.15, 0.2) is 54.6 Å². The van der Waals surface area contributed by atoms with Gasteiger partial charge in [0.1, 0.15) is 12.4 Å². The van der Waals surface area contributed by atoms with E-state index in [1.54, 1.807) is 18.2 Å². The van der Waals surface area contributed by atoms with Gasteiger partial charge in [-0.05, 0) is 64.2 Å². The van der Waals surface area contributed by atoms with Gasteiger partial charge in [-0.15, -0.1) is 0 Å². The average molecular weight is 449 g/mol. The molecule has 0 radical (unpaired) electrons. The smallest absolute Gasteiger partial charge is 0.306 e. The quantitative estimate of drug-likeness (QED) is 0.274. The number of rotatable bonds is 12. The first-order valence-electron chi connectivity index (χ1n) is 11.4. The lowest BCUT2D eigenvalue weighted by Gasteiger charge is -2.22. The molecule has 1 fully saturated rings. The number of allylic oxidation sites excluding steroid dienone is 2. The molecule has 5 unspecified atom stereocenters. The van der Waals surface area contributed by atoms with Gasteiger partial charge in [-0.25, -0.2) is 4.39 Å². The van der Waals surface area contributed by atoms with Gasteiger partial charge in [0.05, 0.1) is 18.3 Å². The first-order chi connectivity index (χ1) is 15.2. The second-order valence-corrected chi connectivity index (χ2v) is 8.99. The second kappa shape index (κ2) is 12.8. The number of unbranched alkanes of at least 4 members (excludes halogenated alkanes) is 1. The monoisotopic (exact) mass is 448 g/mol. The molecule has 5 nitrogen and oxygen atoms in total. The SMILES string of the molecule is CC(C)OC(=O)CCC/C=C\CC1C(O)CC(O)C1/C=C/C(C)(F)COc1ccccc1. The van der Waals surface area contributed by atoms with Crippen LogP contribution >= 0.6 is 0 Å². The van der Waals surface area contributed by atoms with E-state index in [1.165, 1.54) is 13.0 Å². The molecule has 2 rings (SSSR count). The van der Waals surface area contributed by atoms with E-state index >= 15 is 0 Å². The molecule has 0 bridgehead atoms. The van der Waals surface area contributed by atoms with Crippen LogP contribution in [0.25, 0.3) is 0 Å². The summed E-state index contributed by atoms with van der Waals surface area (Å²) in [6, 6.07) is 9.06. The van der Waals surface area contributed by atoms with Crippen LogP contribution < -0.4 is 4.74 Å². The summed E-state index contributed by atoms with van der Waals surface area (Å²) in [5.74, 6) is -0.114. The number of alkyl halides is 1. The molecule has 6 heteroatoms. The maximum absolute atomic E-state index is 14.9. The van der Waals surface area contributed by atoms with E-state index in [4.69, 9.17) is 9.47 Å². The fourth-order valence-corrected chi connectivity index (χ4v) is 3.86. The van der Waals surface area contributed by atoms with Gasteiger partial charge in [0.2, 0.25) is 0 Å². The molecule has 0 aliphatic heterocycles. The molecule has 0 aromatic heterocycles. The number of benzene rings is 1. The maximum atomic E-state index is 14.9. The van der Waals surface area contributed by atoms with Crippen LogP contribution in [0.3, 0.4) is 0 Å². The normalized spacial score (nSPS) is 25.5. The minimum Gasteiger partial charge on any atom is -0.490 e. The third-order valence-corrected chi connectivity index (χ3v) is 5.54. The summed E-state index contributed by atoms with van der Waals surface area (Å²) in [6.45, 7) is 4.95. The molecule has 1 aromatic carbocycles. The number of esters is 1. The van der Waals surface area contributed by atoms with E-state index in [-0.39, 0.29) is 36.9 Å². The number of hydrogen-bond donors (Lipinski definition) is 2. The fraction of sp³-hybridized carbons (Fsp3) is 0.577. The lowest BCUT2D eigenvalue weighted by molar-refractivity contribution is -0.147. The zero-order chi connectivity index (χ0) is 23.6. The number of hydrogen-bond acceptors (Lipinski definition) is 5. The predicted molar refractivity (Wildman–Crippen MR) is 123 cm³/mol. The highest BCUT2D eigenvalue weighted by Crippen LogP contribution is 2.37. The molecule has 0 heterocycles. The van der Waals surface area contributed by atoms with Crippen LogP contribution in [0, 0.1) is 11.8 Å². The van der Waals surface area contributed by atoms with E-state index in [0.29, 0.717) is 25.0 Å². The van der Waals surface area contributed by atoms with Crippen molar-refractivity contribution in [2.75, 3.05) is 6.61 Å². The highest BCUT2D eigenvalue weighted by molar-refractivity contribution is 5.69. The number of aliphatic hydroxyl groups is 2. The van der Waals surface area contributed by atoms with Crippen molar-refractivity contribution in [3.63, 3.8) is 0 Å². The van der Waals surface area contributed by atoms with Crippen molar-refractivity contribution in [2.24, 2.45) is 11.8 Å². The van der Waals surface area contributed by atoms with Gasteiger partial charge in [-0.2, -0.15) is 0 Å². The van der Waals surface area contributed by atoms with E-state index in [1.807, 2.05) is 44.2 Å². The summed E-state index contributed by atoms with van der Waals surface area (Å²) in [6.07, 6.45) is 8.25. The first kappa shape index (κ1) is 26.1. The molecule has 32 heavy (non-hydrogen) atoms. The van der Waals surface area contributed by atoms with Crippen molar-refractivity contribution in [3.8, 4) is 5.75 Å². The van der Waals surface area contributed by atoms with Gasteiger partial charge in [0, 0.05) is 18.8 Å². The number of aliphatic hydroxyl groups excluding tert-OH is 2. The standard InChI is InChI=1S/C26H37FO5/c1-19(2)32-25(30)14-10-5-4-9-13-21-22(24(29)17-23(21)28)15-16-26(3,27)18-31-20-11-7-6-8-12-20/h4,6-9,11-12,15-16,19,21-24,28-29H,5,10,13-14,17-18H2,1-3H3/b9-4-,16-15+. The zero-order valence-electron chi connectivity index (χ0n) is 19.3. The predicted octanol–water partition coefficient (Wildman–Crippen LogP) is 4.78. The summed E-state index contributed by atoms with van der Waals surface area (Å²) in [5.41, 5.74) is -1.70. The number of para-hydroxylation sites is 1. The summed E-state index contributed by atoms with van der Waals surface area (Å²) < 4.78 is 25.5. The first-order valence-corrected chi connectivity index (χ1v) is 11.4. The molecule has 2 N–H and O–H groups in total. The van der Waals surface area contributed by atoms with Gasteiger partial charge < -0.3 is 19.7 Å². The van der Waals surface area contributed by atoms with E-state index < -0.39 is 17.9 Å². The van der Waals surface area contributed by atoms with Crippen LogP contribution in [0.4, 0.5) is 4.39 Å². The lowest BCUT2D eigenvalue weighted by atomic mass is 9.89. The lowest BCUT2D eigenvalue weighted by Crippen LogP contribution is -2.26. The Labute approximate surface area is 190 Å². The molecular weight excluding hydrogens is 411 g/mol. The Bertz CT molecular complexity index is 744. The molecule has 1 saturated carbocycles. The maximum Gasteiger partial charge on any atom is 0.306 e. The molecule has 0 spiro atoms. The molecule has 5 atom stereocenters. The van der Waals surface area contributed by atoms with Crippen molar-refractivity contribution in [1.82, 2.24) is 0 Å². The summed E-state index contributed by atoms with van der Waals surface area (Å²) in [5, 5.41) is 20.7. The zero-order valence-corrected chi connectivity index (χ0v) is 19.3. The minimum absolute atomic E-state index is 0.102. The number of carbonyl (C=O) groups is 1. The van der Waals surface area contributed by atoms with Crippen molar-refractivity contribution in [2.45, 2.75) is 76.9 Å². The van der Waals surface area contributed by atoms with Crippen LogP contribution in [0.2, 0.25) is 0 Å². The van der Waals surface area contributed by atoms with Crippen molar-refractivity contribution in [3.05, 3.63) is 54.6 Å². The fourth-order valence-electron chi connectivity index (χ4n) is 3.86. The highest BCUT2D eigenvalue weighted by atomic mass is 19.1. The van der Waals surface area contributed by atoms with E-state index in [9.17, 15) is 19.4 Å². The van der Waals surface area contributed by atoms with Gasteiger partial charge in [-0.1, -0.05) is 36.4 Å². The minimum atomic E-state index is -1.70. The molecule has 178 valence electrons. The van der Waals surface area contributed by atoms with Crippen molar-refractivity contribution < 1.29 is 28.9 Å². The van der Waals surface area contributed by atoms with E-state index in [2.05, 4.69) is 0 Å². The Morgan fingerprint density at radius 1 is 1.22 bits per heavy atom. The molecule has 1 aliphatic carbocycles. The Kier molecular flexibility index (Phi) is 10.4. The van der Waals surface area contributed by atoms with Crippen LogP contribution in [-0.4, -0.2) is 46.8 Å². The number of halogens is 1. The Hall–Kier alpha value is -2.18. The van der Waals surface area contributed by atoms with Gasteiger partial charge in [-0.3, -0.25) is 4.79 Å². The van der Waals surface area contributed by atoms with Gasteiger partial charge in [0.15, 0.2) is 5.67 Å². The largest absolute Gasteiger partial charge is 0.490 e. The third kappa shape index (κ3) is 9.13. The molecule has 0 amide bonds. The Balaban J connectivity index is 1.83. The summed E-state index contributed by atoms with van der Waals surface area (Å²) in [4.78, 5) is 11.5. The van der Waals surface area contributed by atoms with Crippen LogP contribution in [0.5, 0.6) is 5.75 Å². The Morgan fingerprint density at radius 2 is 1.94 bits per heavy atom. The molecular formula is C26H37FO5. The van der Waals surface area contributed by atoms with Gasteiger partial charge in [0.25, 0.3) is 0 Å². The van der Waals surface area contributed by atoms with E-state index in [0.717, 1.165) is 6.42 Å². The topological polar surface area (TPSA) is 76.0 Å². The van der Waals surface area contributed by atoms with Crippen molar-refractivity contribution in [1.29, 1.82) is 0 Å². The van der Waals surface area contributed by atoms with Crippen LogP contribution in [-0.2, 0) is 9.53 Å². The Morgan fingerprint density at radius 3 is 2.62 bits per heavy atom. The van der Waals surface area contributed by atoms with Crippen molar-refractivity contribution >= 4 is 5.97 Å². The van der Waals surface area contributed by atoms with Gasteiger partial charge >= 0.3 is 5.97 Å². The average Bonchev–Trinajstić information content (AvgIpc) is 3.00. The third-order valence-electron chi connectivity index (χ3n) is 5.54. The van der Waals surface area contributed by atoms with Crippen LogP contribution in [0.1, 0.15) is 52.9 Å².